The summed E-state index contributed by atoms with van der Waals surface area (Å²) in [5.41, 5.74) is 1.07. The van der Waals surface area contributed by atoms with Crippen molar-refractivity contribution in [2.75, 3.05) is 12.4 Å². The molecule has 0 fully saturated rings. The fraction of sp³-hybridized carbons (Fsp3) is 0.118. The molecule has 3 rings (SSSR count). The molecular formula is C17H16N4O3. The summed E-state index contributed by atoms with van der Waals surface area (Å²) in [5.74, 6) is 1.61. The third-order valence-corrected chi connectivity index (χ3v) is 3.25. The number of hydrogen-bond donors (Lipinski definition) is 2. The van der Waals surface area contributed by atoms with Gasteiger partial charge in [-0.25, -0.2) is 9.97 Å². The Morgan fingerprint density at radius 3 is 2.92 bits per heavy atom. The van der Waals surface area contributed by atoms with E-state index >= 15 is 0 Å². The van der Waals surface area contributed by atoms with E-state index in [9.17, 15) is 4.79 Å². The molecule has 0 atom stereocenters. The van der Waals surface area contributed by atoms with E-state index < -0.39 is 0 Å². The van der Waals surface area contributed by atoms with Crippen molar-refractivity contribution in [1.82, 2.24) is 15.3 Å². The monoisotopic (exact) mass is 324 g/mol. The summed E-state index contributed by atoms with van der Waals surface area (Å²) < 4.78 is 10.3. The van der Waals surface area contributed by atoms with Gasteiger partial charge in [-0.15, -0.1) is 0 Å². The van der Waals surface area contributed by atoms with Gasteiger partial charge < -0.3 is 19.8 Å². The van der Waals surface area contributed by atoms with E-state index in [-0.39, 0.29) is 11.6 Å². The van der Waals surface area contributed by atoms with Crippen molar-refractivity contribution in [3.05, 3.63) is 66.5 Å². The number of aromatic nitrogens is 2. The van der Waals surface area contributed by atoms with Crippen LogP contribution in [0.25, 0.3) is 0 Å². The van der Waals surface area contributed by atoms with Crippen molar-refractivity contribution in [1.29, 1.82) is 0 Å². The summed E-state index contributed by atoms with van der Waals surface area (Å²) >= 11 is 0. The number of amides is 1. The highest BCUT2D eigenvalue weighted by Crippen LogP contribution is 2.20. The molecule has 2 aromatic heterocycles. The largest absolute Gasteiger partial charge is 0.497 e. The van der Waals surface area contributed by atoms with Gasteiger partial charge in [0.25, 0.3) is 5.91 Å². The molecule has 122 valence electrons. The smallest absolute Gasteiger partial charge is 0.270 e. The van der Waals surface area contributed by atoms with Gasteiger partial charge in [0.1, 0.15) is 29.3 Å². The number of methoxy groups -OCH3 is 1. The topological polar surface area (TPSA) is 89.3 Å². The molecule has 0 saturated heterocycles. The zero-order chi connectivity index (χ0) is 16.8. The zero-order valence-corrected chi connectivity index (χ0v) is 13.0. The van der Waals surface area contributed by atoms with Gasteiger partial charge in [0.15, 0.2) is 0 Å². The molecule has 1 amide bonds. The molecule has 2 N–H and O–H groups in total. The number of furan rings is 1. The van der Waals surface area contributed by atoms with Gasteiger partial charge in [0.2, 0.25) is 0 Å². The van der Waals surface area contributed by atoms with E-state index in [4.69, 9.17) is 9.15 Å². The Morgan fingerprint density at radius 1 is 1.21 bits per heavy atom. The van der Waals surface area contributed by atoms with Crippen molar-refractivity contribution in [3.8, 4) is 5.75 Å². The van der Waals surface area contributed by atoms with Crippen LogP contribution in [-0.4, -0.2) is 23.0 Å². The van der Waals surface area contributed by atoms with Crippen LogP contribution in [0.1, 0.15) is 16.2 Å². The van der Waals surface area contributed by atoms with Crippen molar-refractivity contribution in [2.24, 2.45) is 0 Å². The van der Waals surface area contributed by atoms with Crippen molar-refractivity contribution in [2.45, 2.75) is 6.54 Å². The Morgan fingerprint density at radius 2 is 2.12 bits per heavy atom. The number of nitrogens with zero attached hydrogens (tertiary/aromatic N) is 2. The zero-order valence-electron chi connectivity index (χ0n) is 13.0. The fourth-order valence-corrected chi connectivity index (χ4v) is 2.07. The minimum absolute atomic E-state index is 0.266. The Labute approximate surface area is 138 Å². The van der Waals surface area contributed by atoms with Gasteiger partial charge in [-0.1, -0.05) is 6.07 Å². The number of ether oxygens (including phenoxy) is 1. The van der Waals surface area contributed by atoms with Crippen LogP contribution in [0.5, 0.6) is 5.75 Å². The van der Waals surface area contributed by atoms with E-state index in [2.05, 4.69) is 20.6 Å². The summed E-state index contributed by atoms with van der Waals surface area (Å²) in [7, 11) is 1.60. The number of rotatable bonds is 6. The predicted octanol–water partition coefficient (Wildman–Crippen LogP) is 2.75. The number of hydrogen-bond acceptors (Lipinski definition) is 6. The second kappa shape index (κ2) is 7.28. The molecule has 7 nitrogen and oxygen atoms in total. The minimum Gasteiger partial charge on any atom is -0.497 e. The average molecular weight is 324 g/mol. The lowest BCUT2D eigenvalue weighted by molar-refractivity contribution is 0.0943. The predicted molar refractivity (Wildman–Crippen MR) is 88.2 cm³/mol. The maximum atomic E-state index is 12.2. The maximum absolute atomic E-state index is 12.2. The van der Waals surface area contributed by atoms with Gasteiger partial charge in [-0.3, -0.25) is 4.79 Å². The second-order valence-corrected chi connectivity index (χ2v) is 4.91. The molecule has 3 aromatic rings. The third kappa shape index (κ3) is 3.89. The average Bonchev–Trinajstić information content (AvgIpc) is 3.13. The molecule has 0 unspecified atom stereocenters. The van der Waals surface area contributed by atoms with Crippen molar-refractivity contribution in [3.63, 3.8) is 0 Å². The van der Waals surface area contributed by atoms with Gasteiger partial charge in [-0.2, -0.15) is 0 Å². The van der Waals surface area contributed by atoms with Crippen molar-refractivity contribution >= 4 is 17.4 Å². The molecule has 0 aliphatic heterocycles. The summed E-state index contributed by atoms with van der Waals surface area (Å²) in [4.78, 5) is 20.3. The summed E-state index contributed by atoms with van der Waals surface area (Å²) in [6.45, 7) is 0.300. The quantitative estimate of drug-likeness (QED) is 0.725. The van der Waals surface area contributed by atoms with Crippen LogP contribution < -0.4 is 15.4 Å². The number of anilines is 2. The molecule has 0 bridgehead atoms. The van der Waals surface area contributed by atoms with Crippen LogP contribution in [-0.2, 0) is 6.54 Å². The molecule has 1 aromatic carbocycles. The summed E-state index contributed by atoms with van der Waals surface area (Å²) in [5, 5.41) is 5.85. The third-order valence-electron chi connectivity index (χ3n) is 3.25. The molecule has 0 radical (unpaired) electrons. The Balaban J connectivity index is 1.67. The van der Waals surface area contributed by atoms with Gasteiger partial charge in [0.05, 0.1) is 19.9 Å². The number of carbonyl (C=O) groups is 1. The number of carbonyl (C=O) groups excluding carboxylic acids is 1. The first-order valence-electron chi connectivity index (χ1n) is 7.28. The number of nitrogens with one attached hydrogen (secondary N) is 2. The van der Waals surface area contributed by atoms with Gasteiger partial charge in [-0.05, 0) is 24.3 Å². The lowest BCUT2D eigenvalue weighted by Gasteiger charge is -2.08. The first-order chi connectivity index (χ1) is 11.7. The highest BCUT2D eigenvalue weighted by atomic mass is 16.5. The Bertz CT molecular complexity index is 818. The highest BCUT2D eigenvalue weighted by Gasteiger charge is 2.09. The van der Waals surface area contributed by atoms with E-state index in [1.807, 2.05) is 24.3 Å². The lowest BCUT2D eigenvalue weighted by Crippen LogP contribution is -2.23. The molecular weight excluding hydrogens is 308 g/mol. The summed E-state index contributed by atoms with van der Waals surface area (Å²) in [6, 6.07) is 12.5. The van der Waals surface area contributed by atoms with E-state index in [0.29, 0.717) is 18.1 Å². The molecule has 7 heteroatoms. The molecule has 2 heterocycles. The first kappa shape index (κ1) is 15.5. The minimum atomic E-state index is -0.303. The summed E-state index contributed by atoms with van der Waals surface area (Å²) in [6.07, 6.45) is 2.90. The first-order valence-corrected chi connectivity index (χ1v) is 7.28. The van der Waals surface area contributed by atoms with E-state index in [1.165, 1.54) is 6.33 Å². The maximum Gasteiger partial charge on any atom is 0.270 e. The van der Waals surface area contributed by atoms with E-state index in [1.54, 1.807) is 31.6 Å². The van der Waals surface area contributed by atoms with Crippen molar-refractivity contribution < 1.29 is 13.9 Å². The van der Waals surface area contributed by atoms with Crippen LogP contribution in [0, 0.1) is 0 Å². The molecule has 0 aliphatic carbocycles. The van der Waals surface area contributed by atoms with Crippen LogP contribution >= 0.6 is 0 Å². The van der Waals surface area contributed by atoms with Gasteiger partial charge in [0, 0.05) is 17.8 Å². The number of benzene rings is 1. The normalized spacial score (nSPS) is 10.2. The highest BCUT2D eigenvalue weighted by molar-refractivity contribution is 5.92. The molecule has 0 aliphatic rings. The van der Waals surface area contributed by atoms with Crippen LogP contribution in [0.3, 0.4) is 0 Å². The SMILES string of the molecule is COc1cccc(Nc2cc(C(=O)NCc3ccco3)ncn2)c1. The second-order valence-electron chi connectivity index (χ2n) is 4.91. The van der Waals surface area contributed by atoms with E-state index in [0.717, 1.165) is 11.4 Å². The van der Waals surface area contributed by atoms with Crippen LogP contribution in [0.4, 0.5) is 11.5 Å². The van der Waals surface area contributed by atoms with Gasteiger partial charge >= 0.3 is 0 Å². The molecule has 0 saturated carbocycles. The van der Waals surface area contributed by atoms with Crippen LogP contribution in [0.2, 0.25) is 0 Å². The van der Waals surface area contributed by atoms with Crippen LogP contribution in [0.15, 0.2) is 59.5 Å². The lowest BCUT2D eigenvalue weighted by atomic mass is 10.3. The Kier molecular flexibility index (Phi) is 4.71. The fourth-order valence-electron chi connectivity index (χ4n) is 2.07. The Hall–Kier alpha value is -3.35. The molecule has 0 spiro atoms. The standard InChI is InChI=1S/C17H16N4O3/c1-23-13-5-2-4-12(8-13)21-16-9-15(19-11-20-16)17(22)18-10-14-6-3-7-24-14/h2-9,11H,10H2,1H3,(H,18,22)(H,19,20,21). The molecule has 24 heavy (non-hydrogen) atoms.